The van der Waals surface area contributed by atoms with Crippen molar-refractivity contribution in [2.24, 2.45) is 0 Å². The molecule has 0 bridgehead atoms. The Bertz CT molecular complexity index is 553. The van der Waals surface area contributed by atoms with E-state index >= 15 is 0 Å². The predicted octanol–water partition coefficient (Wildman–Crippen LogP) is 1.24. The summed E-state index contributed by atoms with van der Waals surface area (Å²) in [5, 5.41) is 3.02. The molecule has 0 aromatic carbocycles. The molecule has 3 rings (SSSR count). The maximum absolute atomic E-state index is 12.5. The summed E-state index contributed by atoms with van der Waals surface area (Å²) in [5.74, 6) is 0.935. The molecule has 2 amide bonds. The monoisotopic (exact) mass is 334 g/mol. The van der Waals surface area contributed by atoms with Crippen LogP contribution >= 0.6 is 0 Å². The highest BCUT2D eigenvalue weighted by Crippen LogP contribution is 2.18. The predicted molar refractivity (Wildman–Crippen MR) is 91.1 cm³/mol. The van der Waals surface area contributed by atoms with E-state index in [-0.39, 0.29) is 18.2 Å². The van der Waals surface area contributed by atoms with Gasteiger partial charge in [0.25, 0.3) is 0 Å². The van der Waals surface area contributed by atoms with Gasteiger partial charge in [-0.25, -0.2) is 9.78 Å². The molecule has 2 aliphatic rings. The summed E-state index contributed by atoms with van der Waals surface area (Å²) in [6.07, 6.45) is 1.94. The summed E-state index contributed by atoms with van der Waals surface area (Å²) in [7, 11) is 0. The van der Waals surface area contributed by atoms with E-state index < -0.39 is 0 Å². The fraction of sp³-hybridized carbons (Fsp3) is 0.647. The van der Waals surface area contributed by atoms with Gasteiger partial charge in [0.2, 0.25) is 0 Å². The van der Waals surface area contributed by atoms with Gasteiger partial charge in [-0.15, -0.1) is 0 Å². The molecule has 1 aromatic rings. The lowest BCUT2D eigenvalue weighted by molar-refractivity contribution is -0.0545. The standard InChI is InChI=1S/C17H26N4O3/c1-13-11-21(12-14(2)24-13)17(22)19-10-15-4-3-5-18-16(15)20-6-8-23-9-7-20/h3-5,13-14H,6-12H2,1-2H3,(H,19,22)/t13-,14+. The van der Waals surface area contributed by atoms with E-state index in [1.54, 1.807) is 6.20 Å². The molecule has 0 saturated carbocycles. The van der Waals surface area contributed by atoms with Crippen LogP contribution in [0.3, 0.4) is 0 Å². The third-order valence-corrected chi connectivity index (χ3v) is 4.32. The van der Waals surface area contributed by atoms with E-state index in [0.717, 1.165) is 24.5 Å². The lowest BCUT2D eigenvalue weighted by Crippen LogP contribution is -2.51. The molecule has 2 saturated heterocycles. The first-order chi connectivity index (χ1) is 11.6. The average molecular weight is 334 g/mol. The number of anilines is 1. The molecule has 1 N–H and O–H groups in total. The van der Waals surface area contributed by atoms with Crippen LogP contribution in [0.1, 0.15) is 19.4 Å². The molecule has 2 atom stereocenters. The molecule has 3 heterocycles. The lowest BCUT2D eigenvalue weighted by atomic mass is 10.2. The lowest BCUT2D eigenvalue weighted by Gasteiger charge is -2.35. The van der Waals surface area contributed by atoms with Gasteiger partial charge in [0.05, 0.1) is 25.4 Å². The van der Waals surface area contributed by atoms with Gasteiger partial charge in [-0.3, -0.25) is 0 Å². The quantitative estimate of drug-likeness (QED) is 0.901. The van der Waals surface area contributed by atoms with Crippen LogP contribution in [0.15, 0.2) is 18.3 Å². The number of carbonyl (C=O) groups excluding carboxylic acids is 1. The summed E-state index contributed by atoms with van der Waals surface area (Å²) >= 11 is 0. The largest absolute Gasteiger partial charge is 0.378 e. The minimum absolute atomic E-state index is 0.0474. The molecule has 24 heavy (non-hydrogen) atoms. The Morgan fingerprint density at radius 3 is 2.71 bits per heavy atom. The van der Waals surface area contributed by atoms with E-state index in [4.69, 9.17) is 9.47 Å². The summed E-state index contributed by atoms with van der Waals surface area (Å²) in [6.45, 7) is 8.80. The van der Waals surface area contributed by atoms with Crippen molar-refractivity contribution in [3.63, 3.8) is 0 Å². The van der Waals surface area contributed by atoms with Crippen LogP contribution in [0.2, 0.25) is 0 Å². The van der Waals surface area contributed by atoms with Crippen LogP contribution in [-0.2, 0) is 16.0 Å². The third kappa shape index (κ3) is 4.15. The van der Waals surface area contributed by atoms with E-state index in [9.17, 15) is 4.79 Å². The second-order valence-corrected chi connectivity index (χ2v) is 6.41. The first-order valence-corrected chi connectivity index (χ1v) is 8.58. The summed E-state index contributed by atoms with van der Waals surface area (Å²) < 4.78 is 11.1. The van der Waals surface area contributed by atoms with Crippen molar-refractivity contribution >= 4 is 11.8 Å². The number of amides is 2. The summed E-state index contributed by atoms with van der Waals surface area (Å²) in [5.41, 5.74) is 1.03. The zero-order valence-corrected chi connectivity index (χ0v) is 14.4. The van der Waals surface area contributed by atoms with Gasteiger partial charge in [-0.05, 0) is 19.9 Å². The van der Waals surface area contributed by atoms with Crippen LogP contribution in [0.5, 0.6) is 0 Å². The highest BCUT2D eigenvalue weighted by atomic mass is 16.5. The number of carbonyl (C=O) groups is 1. The van der Waals surface area contributed by atoms with Crippen LogP contribution < -0.4 is 10.2 Å². The molecule has 7 nitrogen and oxygen atoms in total. The molecule has 7 heteroatoms. The Balaban J connectivity index is 1.61. The third-order valence-electron chi connectivity index (χ3n) is 4.32. The number of pyridine rings is 1. The van der Waals surface area contributed by atoms with Crippen molar-refractivity contribution in [3.05, 3.63) is 23.9 Å². The first-order valence-electron chi connectivity index (χ1n) is 8.58. The van der Waals surface area contributed by atoms with Gasteiger partial charge >= 0.3 is 6.03 Å². The van der Waals surface area contributed by atoms with E-state index in [0.29, 0.717) is 32.8 Å². The number of aromatic nitrogens is 1. The number of hydrogen-bond acceptors (Lipinski definition) is 5. The zero-order chi connectivity index (χ0) is 16.9. The van der Waals surface area contributed by atoms with Crippen molar-refractivity contribution in [1.29, 1.82) is 0 Å². The number of rotatable bonds is 3. The SMILES string of the molecule is C[C@@H]1CN(C(=O)NCc2cccnc2N2CCOCC2)C[C@H](C)O1. The summed E-state index contributed by atoms with van der Waals surface area (Å²) in [6, 6.07) is 3.88. The van der Waals surface area contributed by atoms with Crippen LogP contribution in [0.4, 0.5) is 10.6 Å². The molecule has 0 radical (unpaired) electrons. The normalized spacial score (nSPS) is 24.8. The van der Waals surface area contributed by atoms with Gasteiger partial charge in [0.1, 0.15) is 5.82 Å². The Kier molecular flexibility index (Phi) is 5.52. The van der Waals surface area contributed by atoms with Crippen molar-refractivity contribution in [2.75, 3.05) is 44.3 Å². The van der Waals surface area contributed by atoms with Crippen LogP contribution in [-0.4, -0.2) is 67.5 Å². The van der Waals surface area contributed by atoms with Crippen molar-refractivity contribution < 1.29 is 14.3 Å². The zero-order valence-electron chi connectivity index (χ0n) is 14.4. The fourth-order valence-corrected chi connectivity index (χ4v) is 3.25. The van der Waals surface area contributed by atoms with Crippen molar-refractivity contribution in [1.82, 2.24) is 15.2 Å². The average Bonchev–Trinajstić information content (AvgIpc) is 2.60. The highest BCUT2D eigenvalue weighted by Gasteiger charge is 2.26. The number of urea groups is 1. The van der Waals surface area contributed by atoms with E-state index in [1.165, 1.54) is 0 Å². The summed E-state index contributed by atoms with van der Waals surface area (Å²) in [4.78, 5) is 21.0. The Labute approximate surface area is 142 Å². The molecule has 0 aliphatic carbocycles. The maximum Gasteiger partial charge on any atom is 0.317 e. The van der Waals surface area contributed by atoms with Crippen LogP contribution in [0, 0.1) is 0 Å². The molecule has 132 valence electrons. The maximum atomic E-state index is 12.5. The minimum Gasteiger partial charge on any atom is -0.378 e. The van der Waals surface area contributed by atoms with E-state index in [1.807, 2.05) is 30.9 Å². The Hall–Kier alpha value is -1.86. The number of nitrogens with zero attached hydrogens (tertiary/aromatic N) is 3. The molecule has 1 aromatic heterocycles. The Morgan fingerprint density at radius 1 is 1.29 bits per heavy atom. The number of morpholine rings is 2. The highest BCUT2D eigenvalue weighted by molar-refractivity contribution is 5.74. The van der Waals surface area contributed by atoms with Crippen molar-refractivity contribution in [2.45, 2.75) is 32.6 Å². The smallest absolute Gasteiger partial charge is 0.317 e. The molecular formula is C17H26N4O3. The second kappa shape index (κ2) is 7.81. The van der Waals surface area contributed by atoms with Gasteiger partial charge in [0, 0.05) is 44.5 Å². The molecule has 2 aliphatic heterocycles. The van der Waals surface area contributed by atoms with Gasteiger partial charge in [0.15, 0.2) is 0 Å². The minimum atomic E-state index is -0.0474. The number of hydrogen-bond donors (Lipinski definition) is 1. The molecule has 0 spiro atoms. The van der Waals surface area contributed by atoms with Crippen LogP contribution in [0.25, 0.3) is 0 Å². The first kappa shape index (κ1) is 17.0. The topological polar surface area (TPSA) is 66.9 Å². The molecular weight excluding hydrogens is 308 g/mol. The van der Waals surface area contributed by atoms with Crippen molar-refractivity contribution in [3.8, 4) is 0 Å². The second-order valence-electron chi connectivity index (χ2n) is 6.41. The number of nitrogens with one attached hydrogen (secondary N) is 1. The fourth-order valence-electron chi connectivity index (χ4n) is 3.25. The van der Waals surface area contributed by atoms with Gasteiger partial charge < -0.3 is 24.6 Å². The Morgan fingerprint density at radius 2 is 2.00 bits per heavy atom. The van der Waals surface area contributed by atoms with Gasteiger partial charge in [-0.2, -0.15) is 0 Å². The molecule has 2 fully saturated rings. The van der Waals surface area contributed by atoms with Gasteiger partial charge in [-0.1, -0.05) is 6.07 Å². The number of ether oxygens (including phenoxy) is 2. The van der Waals surface area contributed by atoms with E-state index in [2.05, 4.69) is 15.2 Å². The molecule has 0 unspecified atom stereocenters.